The van der Waals surface area contributed by atoms with E-state index in [9.17, 15) is 18.0 Å². The molecular weight excluding hydrogens is 422 g/mol. The van der Waals surface area contributed by atoms with Crippen LogP contribution in [-0.4, -0.2) is 49.5 Å². The highest BCUT2D eigenvalue weighted by Gasteiger charge is 2.37. The van der Waals surface area contributed by atoms with Gasteiger partial charge in [0.15, 0.2) is 5.25 Å². The van der Waals surface area contributed by atoms with Crippen LogP contribution >= 0.6 is 11.8 Å². The van der Waals surface area contributed by atoms with E-state index >= 15 is 0 Å². The highest BCUT2D eigenvalue weighted by molar-refractivity contribution is 8.01. The molecule has 3 aliphatic rings. The van der Waals surface area contributed by atoms with Crippen molar-refractivity contribution in [2.24, 2.45) is 5.92 Å². The van der Waals surface area contributed by atoms with Gasteiger partial charge in [-0.15, -0.1) is 11.8 Å². The van der Waals surface area contributed by atoms with Crippen LogP contribution in [0.1, 0.15) is 51.9 Å². The molecule has 2 N–H and O–H groups in total. The SMILES string of the molecule is CC1CCN(C(=O)C2Sc3ccc(S(=O)(=O)NC4CCCCC4)cc3NC2=O)CC1. The van der Waals surface area contributed by atoms with Gasteiger partial charge < -0.3 is 10.2 Å². The van der Waals surface area contributed by atoms with Gasteiger partial charge in [0.2, 0.25) is 21.8 Å². The number of carbonyl (C=O) groups excluding carboxylic acids is 2. The molecule has 4 rings (SSSR count). The molecular formula is C21H29N3O4S2. The molecule has 2 aliphatic heterocycles. The van der Waals surface area contributed by atoms with Crippen LogP contribution < -0.4 is 10.0 Å². The summed E-state index contributed by atoms with van der Waals surface area (Å²) >= 11 is 1.20. The topological polar surface area (TPSA) is 95.6 Å². The van der Waals surface area contributed by atoms with Crippen molar-refractivity contribution in [1.82, 2.24) is 9.62 Å². The molecule has 0 radical (unpaired) electrons. The summed E-state index contributed by atoms with van der Waals surface area (Å²) < 4.78 is 28.4. The Hall–Kier alpha value is -1.58. The smallest absolute Gasteiger partial charge is 0.247 e. The lowest BCUT2D eigenvalue weighted by atomic mass is 9.96. The predicted molar refractivity (Wildman–Crippen MR) is 117 cm³/mol. The van der Waals surface area contributed by atoms with E-state index in [4.69, 9.17) is 0 Å². The van der Waals surface area contributed by atoms with Gasteiger partial charge in [0.05, 0.1) is 10.6 Å². The lowest BCUT2D eigenvalue weighted by molar-refractivity contribution is -0.135. The van der Waals surface area contributed by atoms with Crippen molar-refractivity contribution in [3.05, 3.63) is 18.2 Å². The van der Waals surface area contributed by atoms with E-state index < -0.39 is 15.3 Å². The molecule has 7 nitrogen and oxygen atoms in total. The molecule has 2 heterocycles. The zero-order chi connectivity index (χ0) is 21.3. The summed E-state index contributed by atoms with van der Waals surface area (Å²) in [6.45, 7) is 3.54. The maximum absolute atomic E-state index is 12.9. The normalized spacial score (nSPS) is 23.7. The molecule has 30 heavy (non-hydrogen) atoms. The Bertz CT molecular complexity index is 920. The molecule has 1 unspecified atom stereocenters. The fraction of sp³-hybridized carbons (Fsp3) is 0.619. The average molecular weight is 452 g/mol. The molecule has 1 saturated heterocycles. The Morgan fingerprint density at radius 1 is 1.13 bits per heavy atom. The number of hydrogen-bond donors (Lipinski definition) is 2. The predicted octanol–water partition coefficient (Wildman–Crippen LogP) is 2.97. The van der Waals surface area contributed by atoms with E-state index in [0.29, 0.717) is 24.7 Å². The number of amides is 2. The first-order valence-electron chi connectivity index (χ1n) is 10.8. The molecule has 1 aliphatic carbocycles. The first kappa shape index (κ1) is 21.6. The molecule has 2 fully saturated rings. The van der Waals surface area contributed by atoms with Crippen LogP contribution in [0.2, 0.25) is 0 Å². The number of benzene rings is 1. The summed E-state index contributed by atoms with van der Waals surface area (Å²) in [4.78, 5) is 28.1. The molecule has 2 amide bonds. The Labute approximate surface area is 182 Å². The van der Waals surface area contributed by atoms with Crippen LogP contribution in [0.4, 0.5) is 5.69 Å². The van der Waals surface area contributed by atoms with E-state index in [2.05, 4.69) is 17.0 Å². The number of likely N-dealkylation sites (tertiary alicyclic amines) is 1. The van der Waals surface area contributed by atoms with Crippen molar-refractivity contribution >= 4 is 39.3 Å². The summed E-state index contributed by atoms with van der Waals surface area (Å²) in [5, 5.41) is 1.93. The van der Waals surface area contributed by atoms with E-state index in [1.54, 1.807) is 17.0 Å². The van der Waals surface area contributed by atoms with Gasteiger partial charge in [-0.05, 0) is 49.8 Å². The number of anilines is 1. The van der Waals surface area contributed by atoms with Gasteiger partial charge in [-0.25, -0.2) is 13.1 Å². The van der Waals surface area contributed by atoms with Gasteiger partial charge >= 0.3 is 0 Å². The molecule has 1 atom stereocenters. The third-order valence-corrected chi connectivity index (χ3v) is 9.03. The molecule has 0 bridgehead atoms. The molecule has 1 aromatic carbocycles. The summed E-state index contributed by atoms with van der Waals surface area (Å²) in [6.07, 6.45) is 6.85. The molecule has 1 saturated carbocycles. The number of carbonyl (C=O) groups is 2. The van der Waals surface area contributed by atoms with Crippen molar-refractivity contribution in [3.8, 4) is 0 Å². The summed E-state index contributed by atoms with van der Waals surface area (Å²) in [5.74, 6) is 0.0572. The monoisotopic (exact) mass is 451 g/mol. The quantitative estimate of drug-likeness (QED) is 0.686. The van der Waals surface area contributed by atoms with Crippen molar-refractivity contribution in [1.29, 1.82) is 0 Å². The Morgan fingerprint density at radius 3 is 2.53 bits per heavy atom. The standard InChI is InChI=1S/C21H29N3O4S2/c1-14-9-11-24(12-10-14)21(26)19-20(25)22-17-13-16(7-8-18(17)29-19)30(27,28)23-15-5-3-2-4-6-15/h7-8,13-15,19,23H,2-6,9-12H2,1H3,(H,22,25). The van der Waals surface area contributed by atoms with E-state index in [0.717, 1.165) is 49.8 Å². The van der Waals surface area contributed by atoms with Crippen molar-refractivity contribution in [2.75, 3.05) is 18.4 Å². The maximum atomic E-state index is 12.9. The lowest BCUT2D eigenvalue weighted by Crippen LogP contribution is -2.47. The van der Waals surface area contributed by atoms with E-state index in [-0.39, 0.29) is 22.8 Å². The minimum absolute atomic E-state index is 0.0296. The average Bonchev–Trinajstić information content (AvgIpc) is 2.73. The summed E-state index contributed by atoms with van der Waals surface area (Å²) in [6, 6.07) is 4.71. The molecule has 9 heteroatoms. The Kier molecular flexibility index (Phi) is 6.41. The number of nitrogens with one attached hydrogen (secondary N) is 2. The number of piperidine rings is 1. The highest BCUT2D eigenvalue weighted by atomic mass is 32.2. The van der Waals surface area contributed by atoms with E-state index in [1.165, 1.54) is 17.8 Å². The number of fused-ring (bicyclic) bond motifs is 1. The van der Waals surface area contributed by atoms with E-state index in [1.807, 2.05) is 0 Å². The van der Waals surface area contributed by atoms with Crippen molar-refractivity contribution in [2.45, 2.75) is 73.0 Å². The second-order valence-electron chi connectivity index (χ2n) is 8.61. The Morgan fingerprint density at radius 2 is 1.83 bits per heavy atom. The number of hydrogen-bond acceptors (Lipinski definition) is 5. The summed E-state index contributed by atoms with van der Waals surface area (Å²) in [7, 11) is -3.65. The highest BCUT2D eigenvalue weighted by Crippen LogP contribution is 2.38. The van der Waals surface area contributed by atoms with Gasteiger partial charge in [-0.2, -0.15) is 0 Å². The minimum atomic E-state index is -3.65. The number of rotatable bonds is 4. The van der Waals surface area contributed by atoms with Gasteiger partial charge in [0.1, 0.15) is 0 Å². The van der Waals surface area contributed by atoms with Crippen LogP contribution in [0.3, 0.4) is 0 Å². The molecule has 1 aromatic rings. The van der Waals surface area contributed by atoms with Crippen molar-refractivity contribution in [3.63, 3.8) is 0 Å². The molecule has 0 spiro atoms. The van der Waals surface area contributed by atoms with Gasteiger partial charge in [0, 0.05) is 24.0 Å². The van der Waals surface area contributed by atoms with Crippen LogP contribution in [0.5, 0.6) is 0 Å². The third kappa shape index (κ3) is 4.68. The van der Waals surface area contributed by atoms with Crippen LogP contribution in [-0.2, 0) is 19.6 Å². The fourth-order valence-electron chi connectivity index (χ4n) is 4.32. The van der Waals surface area contributed by atoms with Crippen LogP contribution in [0, 0.1) is 5.92 Å². The third-order valence-electron chi connectivity index (χ3n) is 6.25. The number of sulfonamides is 1. The molecule has 164 valence electrons. The molecule has 0 aromatic heterocycles. The summed E-state index contributed by atoms with van der Waals surface area (Å²) in [5.41, 5.74) is 0.452. The lowest BCUT2D eigenvalue weighted by Gasteiger charge is -2.33. The fourth-order valence-corrected chi connectivity index (χ4v) is 6.70. The first-order valence-corrected chi connectivity index (χ1v) is 13.1. The minimum Gasteiger partial charge on any atom is -0.341 e. The zero-order valence-corrected chi connectivity index (χ0v) is 18.9. The largest absolute Gasteiger partial charge is 0.341 e. The van der Waals surface area contributed by atoms with Crippen molar-refractivity contribution < 1.29 is 18.0 Å². The van der Waals surface area contributed by atoms with Gasteiger partial charge in [0.25, 0.3) is 0 Å². The number of thioether (sulfide) groups is 1. The zero-order valence-electron chi connectivity index (χ0n) is 17.2. The van der Waals surface area contributed by atoms with Crippen LogP contribution in [0.15, 0.2) is 28.0 Å². The second kappa shape index (κ2) is 8.88. The number of nitrogens with zero attached hydrogens (tertiary/aromatic N) is 1. The Balaban J connectivity index is 1.47. The van der Waals surface area contributed by atoms with Gasteiger partial charge in [-0.3, -0.25) is 9.59 Å². The maximum Gasteiger partial charge on any atom is 0.247 e. The second-order valence-corrected chi connectivity index (χ2v) is 11.5. The van der Waals surface area contributed by atoms with Crippen LogP contribution in [0.25, 0.3) is 0 Å². The van der Waals surface area contributed by atoms with Gasteiger partial charge in [-0.1, -0.05) is 26.2 Å². The first-order chi connectivity index (χ1) is 14.3.